The summed E-state index contributed by atoms with van der Waals surface area (Å²) in [6.07, 6.45) is 0. The second-order valence-electron chi connectivity index (χ2n) is 3.86. The van der Waals surface area contributed by atoms with Gasteiger partial charge in [0.15, 0.2) is 0 Å². The molecule has 6 heteroatoms. The number of carbonyl (C=O) groups is 2. The number of aromatic carboxylic acids is 1. The first-order valence-corrected chi connectivity index (χ1v) is 7.28. The monoisotopic (exact) mass is 387 g/mol. The molecule has 0 unspecified atom stereocenters. The summed E-state index contributed by atoms with van der Waals surface area (Å²) >= 11 is 3.15. The number of benzene rings is 1. The van der Waals surface area contributed by atoms with E-state index in [0.717, 1.165) is 14.9 Å². The molecule has 0 atom stereocenters. The number of thiophene rings is 1. The van der Waals surface area contributed by atoms with E-state index in [-0.39, 0.29) is 10.8 Å². The summed E-state index contributed by atoms with van der Waals surface area (Å²) in [5, 5.41) is 12.2. The van der Waals surface area contributed by atoms with E-state index in [1.54, 1.807) is 25.1 Å². The molecule has 0 fully saturated rings. The molecule has 1 heterocycles. The van der Waals surface area contributed by atoms with Crippen molar-refractivity contribution in [1.29, 1.82) is 0 Å². The number of carbonyl (C=O) groups excluding carboxylic acids is 1. The predicted octanol–water partition coefficient (Wildman–Crippen LogP) is 3.61. The maximum atomic E-state index is 12.1. The molecule has 2 N–H and O–H groups in total. The van der Waals surface area contributed by atoms with Gasteiger partial charge in [0.05, 0.1) is 10.6 Å². The van der Waals surface area contributed by atoms with Gasteiger partial charge in [0, 0.05) is 3.57 Å². The third kappa shape index (κ3) is 3.13. The van der Waals surface area contributed by atoms with Crippen LogP contribution in [-0.4, -0.2) is 17.0 Å². The smallest absolute Gasteiger partial charge is 0.346 e. The predicted molar refractivity (Wildman–Crippen MR) is 83.1 cm³/mol. The highest BCUT2D eigenvalue weighted by molar-refractivity contribution is 14.1. The van der Waals surface area contributed by atoms with Crippen molar-refractivity contribution in [2.24, 2.45) is 0 Å². The van der Waals surface area contributed by atoms with Crippen molar-refractivity contribution in [2.45, 2.75) is 6.92 Å². The van der Waals surface area contributed by atoms with E-state index < -0.39 is 5.97 Å². The van der Waals surface area contributed by atoms with Crippen molar-refractivity contribution in [3.05, 3.63) is 49.9 Å². The van der Waals surface area contributed by atoms with Crippen LogP contribution < -0.4 is 5.32 Å². The molecule has 98 valence electrons. The van der Waals surface area contributed by atoms with Gasteiger partial charge in [0.2, 0.25) is 0 Å². The van der Waals surface area contributed by atoms with E-state index in [9.17, 15) is 9.59 Å². The number of hydrogen-bond acceptors (Lipinski definition) is 3. The van der Waals surface area contributed by atoms with Gasteiger partial charge in [-0.3, -0.25) is 4.79 Å². The van der Waals surface area contributed by atoms with Crippen LogP contribution in [0.25, 0.3) is 0 Å². The minimum atomic E-state index is -0.975. The molecule has 2 rings (SSSR count). The van der Waals surface area contributed by atoms with Crippen molar-refractivity contribution in [1.82, 2.24) is 0 Å². The van der Waals surface area contributed by atoms with Crippen LogP contribution in [0.2, 0.25) is 0 Å². The average molecular weight is 387 g/mol. The minimum absolute atomic E-state index is 0.233. The lowest BCUT2D eigenvalue weighted by Gasteiger charge is -2.04. The van der Waals surface area contributed by atoms with Gasteiger partial charge in [-0.1, -0.05) is 12.1 Å². The van der Waals surface area contributed by atoms with Crippen molar-refractivity contribution >= 4 is 50.8 Å². The average Bonchev–Trinajstić information content (AvgIpc) is 2.70. The molecule has 1 amide bonds. The van der Waals surface area contributed by atoms with E-state index in [0.29, 0.717) is 16.1 Å². The first-order valence-electron chi connectivity index (χ1n) is 5.38. The summed E-state index contributed by atoms with van der Waals surface area (Å²) in [5.74, 6) is -1.21. The van der Waals surface area contributed by atoms with Gasteiger partial charge in [0.1, 0.15) is 4.88 Å². The van der Waals surface area contributed by atoms with Crippen LogP contribution in [0.5, 0.6) is 0 Å². The lowest BCUT2D eigenvalue weighted by molar-refractivity contribution is 0.0701. The molecule has 0 saturated carbocycles. The highest BCUT2D eigenvalue weighted by Crippen LogP contribution is 2.27. The van der Waals surface area contributed by atoms with Crippen LogP contribution in [0.15, 0.2) is 30.3 Å². The van der Waals surface area contributed by atoms with Gasteiger partial charge >= 0.3 is 5.97 Å². The number of nitrogens with one attached hydrogen (secondary N) is 1. The molecular weight excluding hydrogens is 377 g/mol. The van der Waals surface area contributed by atoms with E-state index >= 15 is 0 Å². The summed E-state index contributed by atoms with van der Waals surface area (Å²) in [6.45, 7) is 1.71. The third-order valence-corrected chi connectivity index (χ3v) is 4.55. The van der Waals surface area contributed by atoms with E-state index in [1.807, 2.05) is 12.1 Å². The first kappa shape index (κ1) is 14.0. The molecule has 0 radical (unpaired) electrons. The number of hydrogen-bond donors (Lipinski definition) is 2. The summed E-state index contributed by atoms with van der Waals surface area (Å²) in [6, 6.07) is 8.89. The maximum absolute atomic E-state index is 12.1. The Morgan fingerprint density at radius 1 is 1.32 bits per heavy atom. The number of aryl methyl sites for hydroxylation is 1. The van der Waals surface area contributed by atoms with Crippen LogP contribution in [-0.2, 0) is 0 Å². The molecule has 0 aliphatic carbocycles. The fourth-order valence-electron chi connectivity index (χ4n) is 1.58. The van der Waals surface area contributed by atoms with Crippen LogP contribution in [0.1, 0.15) is 25.6 Å². The van der Waals surface area contributed by atoms with E-state index in [2.05, 4.69) is 27.9 Å². The van der Waals surface area contributed by atoms with Gasteiger partial charge in [0.25, 0.3) is 5.91 Å². The number of amides is 1. The van der Waals surface area contributed by atoms with Gasteiger partial charge < -0.3 is 10.4 Å². The van der Waals surface area contributed by atoms with Crippen LogP contribution in [0.4, 0.5) is 5.00 Å². The quantitative estimate of drug-likeness (QED) is 0.791. The Hall–Kier alpha value is -1.41. The normalized spacial score (nSPS) is 10.2. The summed E-state index contributed by atoms with van der Waals surface area (Å²) in [4.78, 5) is 23.3. The lowest BCUT2D eigenvalue weighted by Crippen LogP contribution is -2.12. The number of carboxylic acid groups (broad SMARTS) is 1. The fourth-order valence-corrected chi connectivity index (χ4v) is 3.12. The molecule has 19 heavy (non-hydrogen) atoms. The summed E-state index contributed by atoms with van der Waals surface area (Å²) < 4.78 is 0.851. The first-order chi connectivity index (χ1) is 8.99. The zero-order valence-corrected chi connectivity index (χ0v) is 12.9. The second kappa shape index (κ2) is 5.70. The zero-order chi connectivity index (χ0) is 14.0. The Bertz CT molecular complexity index is 651. The van der Waals surface area contributed by atoms with Gasteiger partial charge in [-0.05, 0) is 53.3 Å². The summed E-state index contributed by atoms with van der Waals surface area (Å²) in [5.41, 5.74) is 1.22. The van der Waals surface area contributed by atoms with Gasteiger partial charge in [-0.15, -0.1) is 11.3 Å². The van der Waals surface area contributed by atoms with Crippen molar-refractivity contribution < 1.29 is 14.7 Å². The number of carboxylic acids is 1. The molecule has 0 aliphatic heterocycles. The lowest BCUT2D eigenvalue weighted by atomic mass is 10.2. The van der Waals surface area contributed by atoms with Crippen LogP contribution in [0, 0.1) is 10.5 Å². The zero-order valence-electron chi connectivity index (χ0n) is 9.94. The Balaban J connectivity index is 2.22. The molecule has 2 aromatic rings. The van der Waals surface area contributed by atoms with Crippen molar-refractivity contribution in [3.8, 4) is 0 Å². The van der Waals surface area contributed by atoms with Crippen molar-refractivity contribution in [2.75, 3.05) is 5.32 Å². The van der Waals surface area contributed by atoms with Crippen molar-refractivity contribution in [3.63, 3.8) is 0 Å². The standard InChI is InChI=1S/C13H10INO3S/c1-7-6-10(19-11(7)13(17)18)15-12(16)8-4-2-3-5-9(8)14/h2-6H,1H3,(H,15,16)(H,17,18). The van der Waals surface area contributed by atoms with Gasteiger partial charge in [-0.25, -0.2) is 4.79 Å². The molecule has 1 aromatic carbocycles. The number of rotatable bonds is 3. The molecule has 0 spiro atoms. The Kier molecular flexibility index (Phi) is 4.20. The molecule has 0 saturated heterocycles. The second-order valence-corrected chi connectivity index (χ2v) is 6.08. The fraction of sp³-hybridized carbons (Fsp3) is 0.0769. The van der Waals surface area contributed by atoms with Crippen LogP contribution in [0.3, 0.4) is 0 Å². The highest BCUT2D eigenvalue weighted by atomic mass is 127. The number of anilines is 1. The molecule has 0 bridgehead atoms. The Labute approximate surface area is 127 Å². The third-order valence-electron chi connectivity index (χ3n) is 2.47. The Morgan fingerprint density at radius 3 is 2.58 bits per heavy atom. The SMILES string of the molecule is Cc1cc(NC(=O)c2ccccc2I)sc1C(=O)O. The molecular formula is C13H10INO3S. The molecule has 0 aliphatic rings. The van der Waals surface area contributed by atoms with Crippen LogP contribution >= 0.6 is 33.9 Å². The van der Waals surface area contributed by atoms with E-state index in [1.165, 1.54) is 0 Å². The molecule has 4 nitrogen and oxygen atoms in total. The summed E-state index contributed by atoms with van der Waals surface area (Å²) in [7, 11) is 0. The maximum Gasteiger partial charge on any atom is 0.346 e. The topological polar surface area (TPSA) is 66.4 Å². The van der Waals surface area contributed by atoms with E-state index in [4.69, 9.17) is 5.11 Å². The largest absolute Gasteiger partial charge is 0.477 e. The number of halogens is 1. The van der Waals surface area contributed by atoms with Gasteiger partial charge in [-0.2, -0.15) is 0 Å². The Morgan fingerprint density at radius 2 is 2.00 bits per heavy atom. The highest BCUT2D eigenvalue weighted by Gasteiger charge is 2.15. The minimum Gasteiger partial charge on any atom is -0.477 e. The molecule has 1 aromatic heterocycles.